The molecule has 1 unspecified atom stereocenters. The molecule has 0 radical (unpaired) electrons. The molecule has 0 spiro atoms. The number of hydrogen-bond acceptors (Lipinski definition) is 2. The highest BCUT2D eigenvalue weighted by Crippen LogP contribution is 2.60. The van der Waals surface area contributed by atoms with E-state index in [2.05, 4.69) is 37.9 Å². The summed E-state index contributed by atoms with van der Waals surface area (Å²) in [4.78, 5) is 17.6. The average Bonchev–Trinajstić information content (AvgIpc) is 2.46. The summed E-state index contributed by atoms with van der Waals surface area (Å²) in [6.45, 7) is 0. The minimum atomic E-state index is -5.56. The smallest absolute Gasteiger partial charge is 0.320 e. The van der Waals surface area contributed by atoms with Crippen molar-refractivity contribution in [3.63, 3.8) is 0 Å². The Hall–Kier alpha value is 0.0200. The fourth-order valence-corrected chi connectivity index (χ4v) is 5.17. The van der Waals surface area contributed by atoms with Crippen LogP contribution < -0.4 is 0 Å². The number of rotatable bonds is 6. The maximum Gasteiger partial charge on any atom is 0.399 e. The highest BCUT2D eigenvalue weighted by atomic mass is 79.9. The number of allylic oxidation sites excluding steroid dienone is 4. The van der Waals surface area contributed by atoms with Gasteiger partial charge in [-0.15, -0.1) is 0 Å². The minimum Gasteiger partial charge on any atom is -0.320 e. The zero-order valence-corrected chi connectivity index (χ0v) is 17.2. The van der Waals surface area contributed by atoms with Crippen LogP contribution in [0.2, 0.25) is 0 Å². The van der Waals surface area contributed by atoms with Crippen LogP contribution in [-0.2, 0) is 16.0 Å². The Kier molecular flexibility index (Phi) is 6.90. The van der Waals surface area contributed by atoms with Gasteiger partial charge in [0, 0.05) is 21.5 Å². The molecule has 1 aliphatic rings. The van der Waals surface area contributed by atoms with Crippen molar-refractivity contribution < 1.29 is 23.1 Å². The van der Waals surface area contributed by atoms with E-state index in [1.165, 1.54) is 12.1 Å². The summed E-state index contributed by atoms with van der Waals surface area (Å²) in [6, 6.07) is 4.03. The van der Waals surface area contributed by atoms with E-state index < -0.39 is 18.8 Å². The lowest BCUT2D eigenvalue weighted by atomic mass is 10.0. The van der Waals surface area contributed by atoms with Gasteiger partial charge in [0.1, 0.15) is 0 Å². The van der Waals surface area contributed by atoms with E-state index in [1.54, 1.807) is 11.8 Å². The largest absolute Gasteiger partial charge is 0.399 e. The molecular weight excluding hydrogens is 489 g/mol. The molecule has 24 heavy (non-hydrogen) atoms. The van der Waals surface area contributed by atoms with Crippen molar-refractivity contribution in [2.75, 3.05) is 5.75 Å². The second-order valence-corrected chi connectivity index (χ2v) is 9.93. The molecule has 0 aromatic heterocycles. The Labute approximate surface area is 160 Å². The van der Waals surface area contributed by atoms with E-state index in [-0.39, 0.29) is 4.47 Å². The van der Waals surface area contributed by atoms with Crippen LogP contribution in [0.4, 0.5) is 8.78 Å². The van der Waals surface area contributed by atoms with Gasteiger partial charge in [-0.2, -0.15) is 20.5 Å². The fourth-order valence-electron chi connectivity index (χ4n) is 2.20. The predicted octanol–water partition coefficient (Wildman–Crippen LogP) is 5.76. The molecule has 1 aromatic rings. The Morgan fingerprint density at radius 1 is 1.33 bits per heavy atom. The van der Waals surface area contributed by atoms with Crippen LogP contribution in [0, 0.1) is 5.92 Å². The van der Waals surface area contributed by atoms with Crippen LogP contribution in [0.25, 0.3) is 0 Å². The van der Waals surface area contributed by atoms with Crippen molar-refractivity contribution in [1.82, 2.24) is 0 Å². The lowest BCUT2D eigenvalue weighted by Crippen LogP contribution is -2.14. The first-order valence-corrected chi connectivity index (χ1v) is 11.3. The van der Waals surface area contributed by atoms with Crippen molar-refractivity contribution in [2.45, 2.75) is 17.8 Å². The zero-order chi connectivity index (χ0) is 18.0. The lowest BCUT2D eigenvalue weighted by Gasteiger charge is -2.20. The topological polar surface area (TPSA) is 57.5 Å². The van der Waals surface area contributed by atoms with Gasteiger partial charge in [-0.1, -0.05) is 62.2 Å². The molecule has 9 heteroatoms. The van der Waals surface area contributed by atoms with Gasteiger partial charge in [0.25, 0.3) is 0 Å². The Bertz CT molecular complexity index is 719. The maximum absolute atomic E-state index is 13.8. The Morgan fingerprint density at radius 3 is 2.62 bits per heavy atom. The first-order chi connectivity index (χ1) is 11.1. The van der Waals surface area contributed by atoms with Crippen LogP contribution >= 0.6 is 51.2 Å². The number of alkyl halides is 2. The SMILES string of the molecule is O=P(O)(O)C(F)(F)c1ccc(CSCC2C=CC=C(Br)C2)cc1Br. The van der Waals surface area contributed by atoms with Crippen molar-refractivity contribution in [1.29, 1.82) is 0 Å². The molecule has 2 N–H and O–H groups in total. The third-order valence-electron chi connectivity index (χ3n) is 3.44. The Morgan fingerprint density at radius 2 is 2.04 bits per heavy atom. The van der Waals surface area contributed by atoms with E-state index >= 15 is 0 Å². The summed E-state index contributed by atoms with van der Waals surface area (Å²) < 4.78 is 39.7. The molecular formula is C15H15Br2F2O3PS. The summed E-state index contributed by atoms with van der Waals surface area (Å²) in [5.74, 6) is 1.96. The van der Waals surface area contributed by atoms with Crippen LogP contribution in [0.1, 0.15) is 17.5 Å². The summed E-state index contributed by atoms with van der Waals surface area (Å²) in [6.07, 6.45) is 7.10. The molecule has 3 nitrogen and oxygen atoms in total. The van der Waals surface area contributed by atoms with Crippen LogP contribution in [-0.4, -0.2) is 15.5 Å². The molecule has 0 bridgehead atoms. The molecule has 0 saturated heterocycles. The molecule has 1 aromatic carbocycles. The molecule has 132 valence electrons. The monoisotopic (exact) mass is 502 g/mol. The molecule has 0 amide bonds. The summed E-state index contributed by atoms with van der Waals surface area (Å²) in [7, 11) is -5.56. The van der Waals surface area contributed by atoms with Crippen molar-refractivity contribution in [2.24, 2.45) is 5.92 Å². The van der Waals surface area contributed by atoms with Crippen LogP contribution in [0.15, 0.2) is 45.4 Å². The van der Waals surface area contributed by atoms with Gasteiger partial charge >= 0.3 is 13.3 Å². The predicted molar refractivity (Wildman–Crippen MR) is 100 cm³/mol. The first-order valence-electron chi connectivity index (χ1n) is 6.94. The molecule has 0 heterocycles. The second-order valence-electron chi connectivity index (χ2n) is 5.38. The summed E-state index contributed by atoms with van der Waals surface area (Å²) >= 11 is 8.15. The van der Waals surface area contributed by atoms with Gasteiger partial charge < -0.3 is 9.79 Å². The molecule has 0 aliphatic heterocycles. The van der Waals surface area contributed by atoms with Gasteiger partial charge in [0.2, 0.25) is 0 Å². The highest BCUT2D eigenvalue weighted by molar-refractivity contribution is 9.11. The first kappa shape index (κ1) is 20.3. The highest BCUT2D eigenvalue weighted by Gasteiger charge is 2.51. The van der Waals surface area contributed by atoms with Crippen LogP contribution in [0.5, 0.6) is 0 Å². The van der Waals surface area contributed by atoms with Gasteiger partial charge in [0.15, 0.2) is 0 Å². The van der Waals surface area contributed by atoms with Crippen molar-refractivity contribution in [3.05, 3.63) is 56.5 Å². The van der Waals surface area contributed by atoms with Crippen molar-refractivity contribution in [3.8, 4) is 0 Å². The number of thioether (sulfide) groups is 1. The number of benzene rings is 1. The van der Waals surface area contributed by atoms with E-state index in [9.17, 15) is 13.3 Å². The normalized spacial score (nSPS) is 18.6. The van der Waals surface area contributed by atoms with E-state index in [4.69, 9.17) is 9.79 Å². The number of halogens is 4. The van der Waals surface area contributed by atoms with E-state index in [1.807, 2.05) is 12.2 Å². The molecule has 1 aliphatic carbocycles. The van der Waals surface area contributed by atoms with Crippen molar-refractivity contribution >= 4 is 51.2 Å². The summed E-state index contributed by atoms with van der Waals surface area (Å²) in [5, 5.41) is 0. The molecule has 0 fully saturated rings. The third-order valence-corrected chi connectivity index (χ3v) is 6.86. The van der Waals surface area contributed by atoms with E-state index in [0.29, 0.717) is 11.7 Å². The fraction of sp³-hybridized carbons (Fsp3) is 0.333. The average molecular weight is 504 g/mol. The van der Waals surface area contributed by atoms with Gasteiger partial charge in [0.05, 0.1) is 0 Å². The zero-order valence-electron chi connectivity index (χ0n) is 12.3. The van der Waals surface area contributed by atoms with Gasteiger partial charge in [-0.3, -0.25) is 4.57 Å². The van der Waals surface area contributed by atoms with Gasteiger partial charge in [-0.25, -0.2) is 0 Å². The second kappa shape index (κ2) is 8.14. The third kappa shape index (κ3) is 5.02. The molecule has 0 saturated carbocycles. The minimum absolute atomic E-state index is 0.00263. The van der Waals surface area contributed by atoms with E-state index in [0.717, 1.165) is 28.3 Å². The van der Waals surface area contributed by atoms with Crippen LogP contribution in [0.3, 0.4) is 0 Å². The summed E-state index contributed by atoms with van der Waals surface area (Å²) in [5.41, 5.74) is -4.09. The molecule has 1 atom stereocenters. The quantitative estimate of drug-likeness (QED) is 0.484. The number of hydrogen-bond donors (Lipinski definition) is 2. The maximum atomic E-state index is 13.8. The standard InChI is InChI=1S/C15H15Br2F2O3PS/c16-12-3-1-2-10(6-12)8-24-9-11-4-5-13(14(17)7-11)15(18,19)23(20,21)22/h1-5,7,10H,6,8-9H2,(H2,20,21,22). The van der Waals surface area contributed by atoms with Gasteiger partial charge in [-0.05, 0) is 28.5 Å². The Balaban J connectivity index is 1.99. The molecule has 2 rings (SSSR count). The lowest BCUT2D eigenvalue weighted by molar-refractivity contribution is 0.0557.